The van der Waals surface area contributed by atoms with Crippen molar-refractivity contribution in [1.29, 1.82) is 0 Å². The third-order valence-corrected chi connectivity index (χ3v) is 4.68. The van der Waals surface area contributed by atoms with Gasteiger partial charge in [0.15, 0.2) is 0 Å². The molecular formula is C17H23FN4O2. The van der Waals surface area contributed by atoms with E-state index in [0.29, 0.717) is 0 Å². The molecule has 1 aromatic carbocycles. The van der Waals surface area contributed by atoms with Gasteiger partial charge in [0.25, 0.3) is 0 Å². The molecule has 2 fully saturated rings. The molecule has 3 unspecified atom stereocenters. The largest absolute Gasteiger partial charge is 0.334 e. The molecule has 3 atom stereocenters. The van der Waals surface area contributed by atoms with Gasteiger partial charge < -0.3 is 20.9 Å². The van der Waals surface area contributed by atoms with Gasteiger partial charge in [-0.15, -0.1) is 0 Å². The third-order valence-electron chi connectivity index (χ3n) is 4.68. The van der Waals surface area contributed by atoms with E-state index < -0.39 is 5.82 Å². The number of para-hydroxylation sites is 1. The standard InChI is InChI=1S/C17H23FN4O2/c1-11-14(6-4-8-19-11)21-17(24)20-12-9-16(23)22(10-12)15-7-3-2-5-13(15)18/h2-3,5,7,11-12,14,19H,4,6,8-10H2,1H3,(H2,20,21,24). The van der Waals surface area contributed by atoms with Crippen LogP contribution < -0.4 is 20.9 Å². The van der Waals surface area contributed by atoms with Gasteiger partial charge >= 0.3 is 6.03 Å². The Labute approximate surface area is 140 Å². The van der Waals surface area contributed by atoms with Gasteiger partial charge in [-0.3, -0.25) is 4.79 Å². The average Bonchev–Trinajstić information content (AvgIpc) is 2.90. The Bertz CT molecular complexity index is 624. The van der Waals surface area contributed by atoms with E-state index in [4.69, 9.17) is 0 Å². The van der Waals surface area contributed by atoms with E-state index in [1.165, 1.54) is 11.0 Å². The number of nitrogens with one attached hydrogen (secondary N) is 3. The molecular weight excluding hydrogens is 311 g/mol. The Balaban J connectivity index is 1.56. The summed E-state index contributed by atoms with van der Waals surface area (Å²) in [4.78, 5) is 25.7. The minimum absolute atomic E-state index is 0.0820. The van der Waals surface area contributed by atoms with Crippen LogP contribution in [0.2, 0.25) is 0 Å². The summed E-state index contributed by atoms with van der Waals surface area (Å²) in [6.45, 7) is 3.30. The Hall–Kier alpha value is -2.15. The van der Waals surface area contributed by atoms with Crippen molar-refractivity contribution in [2.75, 3.05) is 18.0 Å². The lowest BCUT2D eigenvalue weighted by Crippen LogP contribution is -2.55. The number of carbonyl (C=O) groups excluding carboxylic acids is 2. The smallest absolute Gasteiger partial charge is 0.315 e. The normalized spacial score (nSPS) is 27.2. The lowest BCUT2D eigenvalue weighted by Gasteiger charge is -2.31. The summed E-state index contributed by atoms with van der Waals surface area (Å²) in [5.74, 6) is -0.615. The van der Waals surface area contributed by atoms with E-state index in [1.54, 1.807) is 18.2 Å². The predicted octanol–water partition coefficient (Wildman–Crippen LogP) is 1.37. The van der Waals surface area contributed by atoms with Gasteiger partial charge in [-0.1, -0.05) is 12.1 Å². The van der Waals surface area contributed by atoms with Crippen LogP contribution in [0.25, 0.3) is 0 Å². The fourth-order valence-corrected chi connectivity index (χ4v) is 3.34. The van der Waals surface area contributed by atoms with Gasteiger partial charge in [0.1, 0.15) is 5.82 Å². The maximum Gasteiger partial charge on any atom is 0.315 e. The first-order valence-electron chi connectivity index (χ1n) is 8.40. The summed E-state index contributed by atoms with van der Waals surface area (Å²) < 4.78 is 13.9. The molecule has 2 aliphatic heterocycles. The van der Waals surface area contributed by atoms with Crippen molar-refractivity contribution < 1.29 is 14.0 Å². The zero-order chi connectivity index (χ0) is 17.1. The molecule has 3 rings (SSSR count). The highest BCUT2D eigenvalue weighted by atomic mass is 19.1. The average molecular weight is 334 g/mol. The number of urea groups is 1. The molecule has 2 aliphatic rings. The molecule has 0 aliphatic carbocycles. The Morgan fingerprint density at radius 3 is 2.88 bits per heavy atom. The molecule has 0 radical (unpaired) electrons. The minimum Gasteiger partial charge on any atom is -0.334 e. The second kappa shape index (κ2) is 7.17. The van der Waals surface area contributed by atoms with Crippen LogP contribution in [0.1, 0.15) is 26.2 Å². The monoisotopic (exact) mass is 334 g/mol. The summed E-state index contributed by atoms with van der Waals surface area (Å²) in [6, 6.07) is 5.90. The molecule has 3 amide bonds. The second-order valence-corrected chi connectivity index (χ2v) is 6.47. The van der Waals surface area contributed by atoms with Crippen molar-refractivity contribution in [3.8, 4) is 0 Å². The summed E-state index contributed by atoms with van der Waals surface area (Å²) in [5, 5.41) is 9.12. The first-order chi connectivity index (χ1) is 11.5. The van der Waals surface area contributed by atoms with E-state index in [-0.39, 0.29) is 48.7 Å². The van der Waals surface area contributed by atoms with Crippen molar-refractivity contribution in [2.24, 2.45) is 0 Å². The molecule has 0 bridgehead atoms. The molecule has 0 aromatic heterocycles. The van der Waals surface area contributed by atoms with Crippen LogP contribution in [-0.4, -0.2) is 43.2 Å². The molecule has 7 heteroatoms. The molecule has 0 saturated carbocycles. The van der Waals surface area contributed by atoms with E-state index in [1.807, 2.05) is 6.92 Å². The van der Waals surface area contributed by atoms with E-state index >= 15 is 0 Å². The number of carbonyl (C=O) groups is 2. The first kappa shape index (κ1) is 16.7. The highest BCUT2D eigenvalue weighted by Gasteiger charge is 2.33. The van der Waals surface area contributed by atoms with E-state index in [2.05, 4.69) is 16.0 Å². The van der Waals surface area contributed by atoms with Crippen molar-refractivity contribution in [3.05, 3.63) is 30.1 Å². The predicted molar refractivity (Wildman–Crippen MR) is 89.3 cm³/mol. The molecule has 2 saturated heterocycles. The maximum absolute atomic E-state index is 13.9. The van der Waals surface area contributed by atoms with E-state index in [0.717, 1.165) is 19.4 Å². The molecule has 2 heterocycles. The second-order valence-electron chi connectivity index (χ2n) is 6.47. The number of nitrogens with zero attached hydrogens (tertiary/aromatic N) is 1. The Morgan fingerprint density at radius 2 is 2.12 bits per heavy atom. The fourth-order valence-electron chi connectivity index (χ4n) is 3.34. The number of rotatable bonds is 3. The van der Waals surface area contributed by atoms with Crippen LogP contribution in [0, 0.1) is 5.82 Å². The van der Waals surface area contributed by atoms with Gasteiger partial charge in [0, 0.05) is 25.0 Å². The summed E-state index contributed by atoms with van der Waals surface area (Å²) >= 11 is 0. The highest BCUT2D eigenvalue weighted by molar-refractivity contribution is 5.96. The van der Waals surface area contributed by atoms with Gasteiger partial charge in [0.2, 0.25) is 5.91 Å². The van der Waals surface area contributed by atoms with Crippen LogP contribution >= 0.6 is 0 Å². The number of anilines is 1. The number of piperidine rings is 1. The van der Waals surface area contributed by atoms with Gasteiger partial charge in [-0.05, 0) is 38.4 Å². The van der Waals surface area contributed by atoms with Gasteiger partial charge in [0.05, 0.1) is 11.7 Å². The van der Waals surface area contributed by atoms with Crippen LogP contribution in [0.4, 0.5) is 14.9 Å². The molecule has 24 heavy (non-hydrogen) atoms. The number of amides is 3. The van der Waals surface area contributed by atoms with Crippen molar-refractivity contribution in [2.45, 2.75) is 44.3 Å². The third kappa shape index (κ3) is 3.67. The highest BCUT2D eigenvalue weighted by Crippen LogP contribution is 2.24. The fraction of sp³-hybridized carbons (Fsp3) is 0.529. The number of benzene rings is 1. The van der Waals surface area contributed by atoms with Crippen LogP contribution in [0.3, 0.4) is 0 Å². The molecule has 0 spiro atoms. The Morgan fingerprint density at radius 1 is 1.33 bits per heavy atom. The topological polar surface area (TPSA) is 73.5 Å². The van der Waals surface area contributed by atoms with Gasteiger partial charge in [-0.25, -0.2) is 9.18 Å². The first-order valence-corrected chi connectivity index (χ1v) is 8.40. The summed E-state index contributed by atoms with van der Waals surface area (Å²) in [7, 11) is 0. The molecule has 6 nitrogen and oxygen atoms in total. The molecule has 1 aromatic rings. The number of hydrogen-bond acceptors (Lipinski definition) is 3. The summed E-state index contributed by atoms with van der Waals surface area (Å²) in [5.41, 5.74) is 0.261. The van der Waals surface area contributed by atoms with Crippen molar-refractivity contribution >= 4 is 17.6 Å². The SMILES string of the molecule is CC1NCCCC1NC(=O)NC1CC(=O)N(c2ccccc2F)C1. The van der Waals surface area contributed by atoms with E-state index in [9.17, 15) is 14.0 Å². The van der Waals surface area contributed by atoms with Gasteiger partial charge in [-0.2, -0.15) is 0 Å². The van der Waals surface area contributed by atoms with Crippen LogP contribution in [0.15, 0.2) is 24.3 Å². The zero-order valence-electron chi connectivity index (χ0n) is 13.7. The molecule has 3 N–H and O–H groups in total. The van der Waals surface area contributed by atoms with Crippen LogP contribution in [0.5, 0.6) is 0 Å². The number of hydrogen-bond donors (Lipinski definition) is 3. The van der Waals surface area contributed by atoms with Crippen molar-refractivity contribution in [1.82, 2.24) is 16.0 Å². The Kier molecular flexibility index (Phi) is 4.99. The lowest BCUT2D eigenvalue weighted by molar-refractivity contribution is -0.117. The molecule has 130 valence electrons. The van der Waals surface area contributed by atoms with Crippen LogP contribution in [-0.2, 0) is 4.79 Å². The zero-order valence-corrected chi connectivity index (χ0v) is 13.7. The lowest BCUT2D eigenvalue weighted by atomic mass is 10.0. The van der Waals surface area contributed by atoms with Crippen molar-refractivity contribution in [3.63, 3.8) is 0 Å². The quantitative estimate of drug-likeness (QED) is 0.782. The maximum atomic E-state index is 13.9. The number of halogens is 1. The summed E-state index contributed by atoms with van der Waals surface area (Å²) in [6.07, 6.45) is 2.14. The minimum atomic E-state index is -0.432.